The molecular weight excluding hydrogens is 254 g/mol. The molecule has 0 aliphatic rings. The molecule has 0 radical (unpaired) electrons. The van der Waals surface area contributed by atoms with Crippen molar-refractivity contribution in [1.82, 2.24) is 4.98 Å². The molecule has 18 heavy (non-hydrogen) atoms. The number of halogens is 2. The van der Waals surface area contributed by atoms with E-state index in [2.05, 4.69) is 4.98 Å². The summed E-state index contributed by atoms with van der Waals surface area (Å²) in [5, 5.41) is 0.590. The first-order valence-corrected chi connectivity index (χ1v) is 6.07. The molecule has 0 atom stereocenters. The van der Waals surface area contributed by atoms with Gasteiger partial charge in [-0.3, -0.25) is 0 Å². The largest absolute Gasteiger partial charge is 0.396 e. The minimum Gasteiger partial charge on any atom is -0.396 e. The third-order valence-corrected chi connectivity index (χ3v) is 3.69. The number of rotatable bonds is 1. The summed E-state index contributed by atoms with van der Waals surface area (Å²) < 4.78 is 27.2. The van der Waals surface area contributed by atoms with Crippen molar-refractivity contribution in [2.75, 3.05) is 5.73 Å². The molecule has 2 nitrogen and oxygen atoms in total. The third kappa shape index (κ3) is 1.73. The second-order valence-electron chi connectivity index (χ2n) is 3.83. The maximum absolute atomic E-state index is 13.4. The lowest BCUT2D eigenvalue weighted by atomic mass is 10.2. The van der Waals surface area contributed by atoms with Crippen molar-refractivity contribution in [3.8, 4) is 10.6 Å². The zero-order chi connectivity index (χ0) is 12.7. The van der Waals surface area contributed by atoms with E-state index in [0.29, 0.717) is 20.8 Å². The third-order valence-electron chi connectivity index (χ3n) is 2.63. The van der Waals surface area contributed by atoms with Crippen LogP contribution in [-0.4, -0.2) is 4.98 Å². The highest BCUT2D eigenvalue weighted by atomic mass is 32.1. The Labute approximate surface area is 106 Å². The van der Waals surface area contributed by atoms with E-state index in [0.717, 1.165) is 0 Å². The van der Waals surface area contributed by atoms with Crippen LogP contribution in [0.25, 0.3) is 20.8 Å². The highest BCUT2D eigenvalue weighted by Gasteiger charge is 2.11. The molecule has 0 saturated heterocycles. The second-order valence-corrected chi connectivity index (χ2v) is 4.86. The number of nitrogen functional groups attached to an aromatic ring is 1. The lowest BCUT2D eigenvalue weighted by Crippen LogP contribution is -1.93. The van der Waals surface area contributed by atoms with Crippen molar-refractivity contribution < 1.29 is 8.78 Å². The summed E-state index contributed by atoms with van der Waals surface area (Å²) in [6.07, 6.45) is 0. The molecule has 0 unspecified atom stereocenters. The highest BCUT2D eigenvalue weighted by molar-refractivity contribution is 7.21. The average Bonchev–Trinajstić information content (AvgIpc) is 2.75. The number of hydrogen-bond acceptors (Lipinski definition) is 3. The van der Waals surface area contributed by atoms with Crippen LogP contribution in [0.5, 0.6) is 0 Å². The molecule has 2 N–H and O–H groups in total. The summed E-state index contributed by atoms with van der Waals surface area (Å²) in [5.74, 6) is -0.789. The Bertz CT molecular complexity index is 737. The van der Waals surface area contributed by atoms with E-state index in [1.54, 1.807) is 18.2 Å². The van der Waals surface area contributed by atoms with Crippen LogP contribution < -0.4 is 5.73 Å². The number of benzene rings is 2. The van der Waals surface area contributed by atoms with Crippen molar-refractivity contribution >= 4 is 27.2 Å². The Hall–Kier alpha value is -2.01. The van der Waals surface area contributed by atoms with E-state index in [1.807, 2.05) is 0 Å². The van der Waals surface area contributed by atoms with Crippen LogP contribution >= 0.6 is 11.3 Å². The molecule has 0 aliphatic heterocycles. The van der Waals surface area contributed by atoms with Crippen molar-refractivity contribution in [2.45, 2.75) is 0 Å². The van der Waals surface area contributed by atoms with Gasteiger partial charge in [-0.2, -0.15) is 0 Å². The zero-order valence-electron chi connectivity index (χ0n) is 9.15. The van der Waals surface area contributed by atoms with Crippen molar-refractivity contribution in [3.63, 3.8) is 0 Å². The summed E-state index contributed by atoms with van der Waals surface area (Å²) >= 11 is 1.29. The average molecular weight is 262 g/mol. The van der Waals surface area contributed by atoms with E-state index in [4.69, 9.17) is 5.73 Å². The van der Waals surface area contributed by atoms with Crippen LogP contribution in [0.15, 0.2) is 36.4 Å². The Morgan fingerprint density at radius 3 is 2.78 bits per heavy atom. The topological polar surface area (TPSA) is 38.9 Å². The van der Waals surface area contributed by atoms with Gasteiger partial charge in [0.05, 0.1) is 15.9 Å². The fraction of sp³-hybridized carbons (Fsp3) is 0. The quantitative estimate of drug-likeness (QED) is 0.677. The summed E-state index contributed by atoms with van der Waals surface area (Å²) in [5.41, 5.74) is 6.97. The lowest BCUT2D eigenvalue weighted by Gasteiger charge is -2.01. The molecule has 0 bridgehead atoms. The highest BCUT2D eigenvalue weighted by Crippen LogP contribution is 2.34. The van der Waals surface area contributed by atoms with E-state index in [-0.39, 0.29) is 11.5 Å². The normalized spacial score (nSPS) is 11.0. The maximum atomic E-state index is 13.4. The van der Waals surface area contributed by atoms with Crippen LogP contribution in [0.2, 0.25) is 0 Å². The predicted octanol–water partition coefficient (Wildman–Crippen LogP) is 3.82. The smallest absolute Gasteiger partial charge is 0.146 e. The number of nitrogens with two attached hydrogens (primary N) is 1. The fourth-order valence-corrected chi connectivity index (χ4v) is 2.77. The molecule has 3 rings (SSSR count). The van der Waals surface area contributed by atoms with Gasteiger partial charge in [0.15, 0.2) is 0 Å². The molecule has 90 valence electrons. The van der Waals surface area contributed by atoms with Crippen LogP contribution in [0.3, 0.4) is 0 Å². The van der Waals surface area contributed by atoms with E-state index in [1.165, 1.54) is 29.5 Å². The SMILES string of the molecule is Nc1c(F)cccc1-c1nc2ccc(F)cc2s1. The van der Waals surface area contributed by atoms with Gasteiger partial charge in [-0.1, -0.05) is 6.07 Å². The number of aromatic nitrogens is 1. The van der Waals surface area contributed by atoms with Crippen LogP contribution in [0, 0.1) is 11.6 Å². The fourth-order valence-electron chi connectivity index (χ4n) is 1.74. The van der Waals surface area contributed by atoms with Crippen molar-refractivity contribution in [2.24, 2.45) is 0 Å². The predicted molar refractivity (Wildman–Crippen MR) is 69.4 cm³/mol. The molecule has 5 heteroatoms. The van der Waals surface area contributed by atoms with Gasteiger partial charge < -0.3 is 5.73 Å². The molecule has 2 aromatic carbocycles. The summed E-state index contributed by atoms with van der Waals surface area (Å²) in [6.45, 7) is 0. The molecular formula is C13H8F2N2S. The lowest BCUT2D eigenvalue weighted by molar-refractivity contribution is 0.630. The van der Waals surface area contributed by atoms with E-state index in [9.17, 15) is 8.78 Å². The molecule has 0 spiro atoms. The first-order chi connectivity index (χ1) is 8.65. The van der Waals surface area contributed by atoms with Crippen LogP contribution in [0.4, 0.5) is 14.5 Å². The Balaban J connectivity index is 2.22. The number of hydrogen-bond donors (Lipinski definition) is 1. The minimum atomic E-state index is -0.474. The van der Waals surface area contributed by atoms with Crippen LogP contribution in [-0.2, 0) is 0 Å². The standard InChI is InChI=1S/C13H8F2N2S/c14-7-4-5-10-11(6-7)18-13(17-10)8-2-1-3-9(15)12(8)16/h1-6H,16H2. The molecule has 3 aromatic rings. The van der Waals surface area contributed by atoms with Crippen molar-refractivity contribution in [1.29, 1.82) is 0 Å². The number of fused-ring (bicyclic) bond motifs is 1. The van der Waals surface area contributed by atoms with Crippen LogP contribution in [0.1, 0.15) is 0 Å². The van der Waals surface area contributed by atoms with Gasteiger partial charge >= 0.3 is 0 Å². The number of para-hydroxylation sites is 1. The van der Waals surface area contributed by atoms with Gasteiger partial charge in [-0.05, 0) is 30.3 Å². The first-order valence-electron chi connectivity index (χ1n) is 5.25. The first kappa shape index (κ1) is 11.1. The summed E-state index contributed by atoms with van der Waals surface area (Å²) in [6, 6.07) is 8.93. The molecule has 0 aliphatic carbocycles. The maximum Gasteiger partial charge on any atom is 0.146 e. The molecule has 1 aromatic heterocycles. The number of anilines is 1. The van der Waals surface area contributed by atoms with E-state index >= 15 is 0 Å². The summed E-state index contributed by atoms with van der Waals surface area (Å²) in [7, 11) is 0. The van der Waals surface area contributed by atoms with Crippen molar-refractivity contribution in [3.05, 3.63) is 48.0 Å². The van der Waals surface area contributed by atoms with Gasteiger partial charge in [-0.15, -0.1) is 11.3 Å². The monoisotopic (exact) mass is 262 g/mol. The van der Waals surface area contributed by atoms with Gasteiger partial charge in [0.1, 0.15) is 16.6 Å². The second kappa shape index (κ2) is 4.03. The Morgan fingerprint density at radius 2 is 1.94 bits per heavy atom. The minimum absolute atomic E-state index is 0.0667. The van der Waals surface area contributed by atoms with Gasteiger partial charge in [0.25, 0.3) is 0 Å². The molecule has 0 amide bonds. The zero-order valence-corrected chi connectivity index (χ0v) is 9.97. The molecule has 1 heterocycles. The number of nitrogens with zero attached hydrogens (tertiary/aromatic N) is 1. The van der Waals surface area contributed by atoms with Gasteiger partial charge in [-0.25, -0.2) is 13.8 Å². The Morgan fingerprint density at radius 1 is 1.11 bits per heavy atom. The molecule has 0 fully saturated rings. The van der Waals surface area contributed by atoms with Gasteiger partial charge in [0, 0.05) is 5.56 Å². The summed E-state index contributed by atoms with van der Waals surface area (Å²) in [4.78, 5) is 4.33. The Kier molecular flexibility index (Phi) is 2.48. The molecule has 0 saturated carbocycles. The number of thiazole rings is 1. The van der Waals surface area contributed by atoms with E-state index < -0.39 is 5.82 Å². The van der Waals surface area contributed by atoms with Gasteiger partial charge in [0.2, 0.25) is 0 Å².